The first kappa shape index (κ1) is 12.3. The predicted molar refractivity (Wildman–Crippen MR) is 70.7 cm³/mol. The standard InChI is InChI=1S/C12H16BrNOS/c1-14(6-9-5-12(13)16-8-9)7-10-3-2-4-11(10)15/h5,8,10H,2-4,6-7H2,1H3. The van der Waals surface area contributed by atoms with Crippen molar-refractivity contribution in [2.75, 3.05) is 13.6 Å². The van der Waals surface area contributed by atoms with Crippen molar-refractivity contribution in [1.29, 1.82) is 0 Å². The van der Waals surface area contributed by atoms with Crippen molar-refractivity contribution >= 4 is 33.0 Å². The molecule has 1 aliphatic rings. The number of halogens is 1. The van der Waals surface area contributed by atoms with Gasteiger partial charge in [-0.25, -0.2) is 0 Å². The van der Waals surface area contributed by atoms with Crippen LogP contribution in [0.5, 0.6) is 0 Å². The molecular weight excluding hydrogens is 286 g/mol. The van der Waals surface area contributed by atoms with Gasteiger partial charge in [0.2, 0.25) is 0 Å². The van der Waals surface area contributed by atoms with E-state index in [0.29, 0.717) is 5.78 Å². The average Bonchev–Trinajstić information content (AvgIpc) is 2.77. The Bertz CT molecular complexity index is 377. The minimum atomic E-state index is 0.284. The summed E-state index contributed by atoms with van der Waals surface area (Å²) in [5.41, 5.74) is 1.32. The van der Waals surface area contributed by atoms with Crippen molar-refractivity contribution in [3.63, 3.8) is 0 Å². The second-order valence-electron chi connectivity index (χ2n) is 4.51. The lowest BCUT2D eigenvalue weighted by molar-refractivity contribution is -0.121. The van der Waals surface area contributed by atoms with Crippen LogP contribution in [0.3, 0.4) is 0 Å². The highest BCUT2D eigenvalue weighted by atomic mass is 79.9. The van der Waals surface area contributed by atoms with Gasteiger partial charge < -0.3 is 4.90 Å². The molecule has 0 N–H and O–H groups in total. The second-order valence-corrected chi connectivity index (χ2v) is 6.80. The van der Waals surface area contributed by atoms with Crippen molar-refractivity contribution in [3.05, 3.63) is 20.8 Å². The van der Waals surface area contributed by atoms with Gasteiger partial charge in [0.05, 0.1) is 3.79 Å². The maximum absolute atomic E-state index is 11.5. The average molecular weight is 302 g/mol. The molecule has 16 heavy (non-hydrogen) atoms. The fourth-order valence-corrected chi connectivity index (χ4v) is 3.46. The molecule has 2 rings (SSSR count). The van der Waals surface area contributed by atoms with Crippen LogP contribution in [0.4, 0.5) is 0 Å². The molecule has 1 heterocycles. The van der Waals surface area contributed by atoms with Crippen molar-refractivity contribution in [3.8, 4) is 0 Å². The fourth-order valence-electron chi connectivity index (χ4n) is 2.26. The highest BCUT2D eigenvalue weighted by molar-refractivity contribution is 9.11. The Kier molecular flexibility index (Phi) is 4.16. The normalized spacial score (nSPS) is 20.9. The van der Waals surface area contributed by atoms with E-state index < -0.39 is 0 Å². The minimum Gasteiger partial charge on any atom is -0.301 e. The van der Waals surface area contributed by atoms with Crippen LogP contribution in [-0.2, 0) is 11.3 Å². The predicted octanol–water partition coefficient (Wildman–Crippen LogP) is 3.31. The van der Waals surface area contributed by atoms with Gasteiger partial charge in [0, 0.05) is 25.4 Å². The van der Waals surface area contributed by atoms with Gasteiger partial charge in [-0.2, -0.15) is 0 Å². The van der Waals surface area contributed by atoms with E-state index in [0.717, 1.165) is 32.4 Å². The third-order valence-electron chi connectivity index (χ3n) is 3.04. The van der Waals surface area contributed by atoms with Crippen LogP contribution in [0.2, 0.25) is 0 Å². The van der Waals surface area contributed by atoms with Crippen molar-refractivity contribution in [2.45, 2.75) is 25.8 Å². The van der Waals surface area contributed by atoms with E-state index in [1.165, 1.54) is 9.35 Å². The molecule has 0 amide bonds. The van der Waals surface area contributed by atoms with E-state index in [2.05, 4.69) is 39.3 Å². The molecule has 0 radical (unpaired) electrons. The first-order chi connectivity index (χ1) is 7.65. The summed E-state index contributed by atoms with van der Waals surface area (Å²) in [7, 11) is 2.09. The zero-order valence-electron chi connectivity index (χ0n) is 9.41. The van der Waals surface area contributed by atoms with Gasteiger partial charge in [0.25, 0.3) is 0 Å². The SMILES string of the molecule is CN(Cc1csc(Br)c1)CC1CCCC1=O. The van der Waals surface area contributed by atoms with Crippen LogP contribution in [0, 0.1) is 5.92 Å². The topological polar surface area (TPSA) is 20.3 Å². The zero-order valence-corrected chi connectivity index (χ0v) is 11.8. The van der Waals surface area contributed by atoms with Crippen LogP contribution in [0.1, 0.15) is 24.8 Å². The lowest BCUT2D eigenvalue weighted by atomic mass is 10.1. The molecule has 1 aliphatic carbocycles. The van der Waals surface area contributed by atoms with E-state index in [-0.39, 0.29) is 5.92 Å². The second kappa shape index (κ2) is 5.43. The molecule has 0 spiro atoms. The smallest absolute Gasteiger partial charge is 0.137 e. The number of rotatable bonds is 4. The summed E-state index contributed by atoms with van der Waals surface area (Å²) < 4.78 is 1.17. The monoisotopic (exact) mass is 301 g/mol. The fraction of sp³-hybridized carbons (Fsp3) is 0.583. The molecule has 0 aromatic carbocycles. The lowest BCUT2D eigenvalue weighted by Gasteiger charge is -2.19. The Morgan fingerprint density at radius 2 is 2.44 bits per heavy atom. The first-order valence-corrected chi connectivity index (χ1v) is 7.26. The molecule has 4 heteroatoms. The summed E-state index contributed by atoms with van der Waals surface area (Å²) in [6.45, 7) is 1.85. The van der Waals surface area contributed by atoms with Crippen molar-refractivity contribution < 1.29 is 4.79 Å². The van der Waals surface area contributed by atoms with Crippen LogP contribution in [0.25, 0.3) is 0 Å². The van der Waals surface area contributed by atoms with Gasteiger partial charge in [-0.05, 0) is 52.8 Å². The summed E-state index contributed by atoms with van der Waals surface area (Å²) in [6.07, 6.45) is 2.96. The Hall–Kier alpha value is -0.190. The molecule has 0 aliphatic heterocycles. The number of carbonyl (C=O) groups is 1. The number of hydrogen-bond acceptors (Lipinski definition) is 3. The maximum Gasteiger partial charge on any atom is 0.137 e. The number of Topliss-reactive ketones (excluding diaryl/α,β-unsaturated/α-hetero) is 1. The summed E-state index contributed by atoms with van der Waals surface area (Å²) in [6, 6.07) is 2.15. The van der Waals surface area contributed by atoms with Crippen LogP contribution >= 0.6 is 27.3 Å². The van der Waals surface area contributed by atoms with Gasteiger partial charge in [0.1, 0.15) is 5.78 Å². The van der Waals surface area contributed by atoms with Gasteiger partial charge in [-0.1, -0.05) is 0 Å². The molecule has 1 aromatic heterocycles. The van der Waals surface area contributed by atoms with Gasteiger partial charge in [-0.15, -0.1) is 11.3 Å². The van der Waals surface area contributed by atoms with Gasteiger partial charge in [-0.3, -0.25) is 4.79 Å². The molecule has 1 saturated carbocycles. The summed E-state index contributed by atoms with van der Waals surface area (Å²) in [5.74, 6) is 0.741. The molecule has 88 valence electrons. The number of hydrogen-bond donors (Lipinski definition) is 0. The molecule has 1 atom stereocenters. The van der Waals surface area contributed by atoms with E-state index in [1.807, 2.05) is 0 Å². The number of ketones is 1. The first-order valence-electron chi connectivity index (χ1n) is 5.59. The van der Waals surface area contributed by atoms with E-state index in [1.54, 1.807) is 11.3 Å². The van der Waals surface area contributed by atoms with Crippen molar-refractivity contribution in [2.24, 2.45) is 5.92 Å². The summed E-state index contributed by atoms with van der Waals surface area (Å²) in [4.78, 5) is 13.8. The zero-order chi connectivity index (χ0) is 11.5. The number of carbonyl (C=O) groups excluding carboxylic acids is 1. The highest BCUT2D eigenvalue weighted by Gasteiger charge is 2.25. The van der Waals surface area contributed by atoms with Gasteiger partial charge in [0.15, 0.2) is 0 Å². The van der Waals surface area contributed by atoms with E-state index >= 15 is 0 Å². The van der Waals surface area contributed by atoms with Crippen LogP contribution < -0.4 is 0 Å². The van der Waals surface area contributed by atoms with Crippen LogP contribution in [0.15, 0.2) is 15.2 Å². The Balaban J connectivity index is 1.84. The van der Waals surface area contributed by atoms with Crippen molar-refractivity contribution in [1.82, 2.24) is 4.90 Å². The number of nitrogens with zero attached hydrogens (tertiary/aromatic N) is 1. The molecule has 1 fully saturated rings. The third-order valence-corrected chi connectivity index (χ3v) is 4.59. The Morgan fingerprint density at radius 3 is 3.00 bits per heavy atom. The highest BCUT2D eigenvalue weighted by Crippen LogP contribution is 2.24. The van der Waals surface area contributed by atoms with E-state index in [9.17, 15) is 4.79 Å². The Morgan fingerprint density at radius 1 is 1.62 bits per heavy atom. The van der Waals surface area contributed by atoms with Crippen LogP contribution in [-0.4, -0.2) is 24.3 Å². The summed E-state index contributed by atoms with van der Waals surface area (Å²) >= 11 is 5.18. The molecular formula is C12H16BrNOS. The molecule has 0 bridgehead atoms. The quantitative estimate of drug-likeness (QED) is 0.850. The van der Waals surface area contributed by atoms with Gasteiger partial charge >= 0.3 is 0 Å². The molecule has 0 saturated heterocycles. The molecule has 2 nitrogen and oxygen atoms in total. The minimum absolute atomic E-state index is 0.284. The largest absolute Gasteiger partial charge is 0.301 e. The lowest BCUT2D eigenvalue weighted by Crippen LogP contribution is -2.27. The number of thiophene rings is 1. The summed E-state index contributed by atoms with van der Waals surface area (Å²) in [5, 5.41) is 2.16. The van der Waals surface area contributed by atoms with E-state index in [4.69, 9.17) is 0 Å². The molecule has 1 unspecified atom stereocenters. The Labute approximate surface area is 109 Å². The molecule has 1 aromatic rings. The maximum atomic E-state index is 11.5. The third kappa shape index (κ3) is 3.15.